The van der Waals surface area contributed by atoms with Gasteiger partial charge in [0.2, 0.25) is 5.82 Å². The van der Waals surface area contributed by atoms with Gasteiger partial charge in [-0.15, -0.1) is 0 Å². The maximum atomic E-state index is 13.9. The number of nitrogens with zero attached hydrogens (tertiary/aromatic N) is 1. The molecule has 2 heterocycles. The molecule has 0 aliphatic heterocycles. The number of H-pyrrole nitrogens is 1. The first-order valence-corrected chi connectivity index (χ1v) is 9.31. The van der Waals surface area contributed by atoms with Crippen molar-refractivity contribution >= 4 is 11.6 Å². The van der Waals surface area contributed by atoms with Crippen molar-refractivity contribution in [3.63, 3.8) is 0 Å². The molecule has 0 radical (unpaired) electrons. The van der Waals surface area contributed by atoms with Gasteiger partial charge < -0.3 is 14.5 Å². The van der Waals surface area contributed by atoms with Crippen LogP contribution in [0, 0.1) is 5.82 Å². The van der Waals surface area contributed by atoms with Crippen LogP contribution < -0.4 is 15.9 Å². The van der Waals surface area contributed by atoms with Crippen molar-refractivity contribution in [2.45, 2.75) is 6.61 Å². The van der Waals surface area contributed by atoms with E-state index in [1.54, 1.807) is 48.5 Å². The largest absolute Gasteiger partial charge is 0.497 e. The third kappa shape index (κ3) is 3.95. The summed E-state index contributed by atoms with van der Waals surface area (Å²) < 4.78 is 25.3. The number of carbonyl (C=O) groups excluding carboxylic acids is 1. The highest BCUT2D eigenvalue weighted by molar-refractivity contribution is 5.92. The van der Waals surface area contributed by atoms with E-state index in [1.807, 2.05) is 6.07 Å². The summed E-state index contributed by atoms with van der Waals surface area (Å²) in [7, 11) is 1.52. The van der Waals surface area contributed by atoms with Gasteiger partial charge in [-0.3, -0.25) is 14.0 Å². The lowest BCUT2D eigenvalue weighted by Gasteiger charge is -2.12. The van der Waals surface area contributed by atoms with Crippen molar-refractivity contribution in [1.82, 2.24) is 9.38 Å². The Bertz CT molecular complexity index is 1380. The molecule has 2 aromatic carbocycles. The zero-order chi connectivity index (χ0) is 22.0. The number of rotatable bonds is 5. The van der Waals surface area contributed by atoms with E-state index in [4.69, 9.17) is 9.47 Å². The molecule has 0 saturated heterocycles. The average molecular weight is 420 g/mol. The number of nitrogens with one attached hydrogen (secondary N) is 1. The first-order chi connectivity index (χ1) is 15.0. The second kappa shape index (κ2) is 8.27. The van der Waals surface area contributed by atoms with Crippen molar-refractivity contribution in [3.8, 4) is 16.9 Å². The molecule has 0 unspecified atom stereocenters. The van der Waals surface area contributed by atoms with Gasteiger partial charge in [0.15, 0.2) is 0 Å². The summed E-state index contributed by atoms with van der Waals surface area (Å²) in [5, 5.41) is 0. The number of carbonyl (C=O) groups is 1. The fourth-order valence-corrected chi connectivity index (χ4v) is 3.16. The molecule has 4 rings (SSSR count). The zero-order valence-electron chi connectivity index (χ0n) is 16.4. The Morgan fingerprint density at radius 1 is 1.06 bits per heavy atom. The number of ether oxygens (including phenoxy) is 2. The molecule has 4 aromatic rings. The normalized spacial score (nSPS) is 10.8. The molecule has 0 atom stereocenters. The molecule has 31 heavy (non-hydrogen) atoms. The van der Waals surface area contributed by atoms with Crippen molar-refractivity contribution in [2.24, 2.45) is 0 Å². The van der Waals surface area contributed by atoms with E-state index in [0.29, 0.717) is 16.9 Å². The van der Waals surface area contributed by atoms with Crippen molar-refractivity contribution in [3.05, 3.63) is 105 Å². The van der Waals surface area contributed by atoms with Crippen molar-refractivity contribution < 1.29 is 18.7 Å². The Balaban J connectivity index is 1.84. The number of benzene rings is 2. The molecule has 0 aliphatic carbocycles. The van der Waals surface area contributed by atoms with E-state index in [0.717, 1.165) is 16.2 Å². The molecule has 0 saturated carbocycles. The second-order valence-electron chi connectivity index (χ2n) is 6.72. The Kier molecular flexibility index (Phi) is 5.36. The van der Waals surface area contributed by atoms with E-state index in [9.17, 15) is 18.8 Å². The van der Waals surface area contributed by atoms with Crippen LogP contribution in [0.2, 0.25) is 0 Å². The van der Waals surface area contributed by atoms with Crippen LogP contribution in [0.5, 0.6) is 5.75 Å². The monoisotopic (exact) mass is 420 g/mol. The van der Waals surface area contributed by atoms with Crippen LogP contribution in [0.3, 0.4) is 0 Å². The minimum absolute atomic E-state index is 0.0281. The summed E-state index contributed by atoms with van der Waals surface area (Å²) in [5.74, 6) is -1.40. The fraction of sp³-hybridized carbons (Fsp3) is 0.0870. The summed E-state index contributed by atoms with van der Waals surface area (Å²) in [6.07, 6.45) is 0.761. The maximum absolute atomic E-state index is 13.9. The molecule has 0 spiro atoms. The SMILES string of the molecule is COc1ccc(-c2cc(C(=O)OCc3ccccc3)c(=O)n3cc(F)c(=O)[nH]c23)cc1. The predicted molar refractivity (Wildman–Crippen MR) is 112 cm³/mol. The summed E-state index contributed by atoms with van der Waals surface area (Å²) in [6, 6.07) is 17.1. The van der Waals surface area contributed by atoms with Gasteiger partial charge in [-0.1, -0.05) is 42.5 Å². The topological polar surface area (TPSA) is 89.9 Å². The van der Waals surface area contributed by atoms with E-state index < -0.39 is 22.9 Å². The van der Waals surface area contributed by atoms with Crippen LogP contribution in [0.15, 0.2) is 76.4 Å². The lowest BCUT2D eigenvalue weighted by Crippen LogP contribution is -2.27. The number of aromatic nitrogens is 2. The molecule has 8 heteroatoms. The highest BCUT2D eigenvalue weighted by Gasteiger charge is 2.20. The number of halogens is 1. The molecule has 2 aromatic heterocycles. The summed E-state index contributed by atoms with van der Waals surface area (Å²) in [6.45, 7) is -0.0281. The van der Waals surface area contributed by atoms with Gasteiger partial charge in [0, 0.05) is 5.56 Å². The molecular weight excluding hydrogens is 403 g/mol. The van der Waals surface area contributed by atoms with Crippen LogP contribution in [0.25, 0.3) is 16.8 Å². The van der Waals surface area contributed by atoms with E-state index in [1.165, 1.54) is 13.2 Å². The molecular formula is C23H17FN2O5. The number of aromatic amines is 1. The molecule has 0 bridgehead atoms. The lowest BCUT2D eigenvalue weighted by atomic mass is 10.0. The first kappa shape index (κ1) is 20.1. The number of esters is 1. The van der Waals surface area contributed by atoms with Crippen LogP contribution in [0.1, 0.15) is 15.9 Å². The minimum Gasteiger partial charge on any atom is -0.497 e. The predicted octanol–water partition coefficient (Wildman–Crippen LogP) is 3.16. The standard InChI is InChI=1S/C23H17FN2O5/c1-30-16-9-7-15(8-10-16)17-11-18(23(29)31-13-14-5-3-2-4-6-14)22(28)26-12-19(24)21(27)25-20(17)26/h2-12H,13H2,1H3,(H,25,27). The number of pyridine rings is 1. The van der Waals surface area contributed by atoms with Crippen molar-refractivity contribution in [2.75, 3.05) is 7.11 Å². The minimum atomic E-state index is -1.15. The highest BCUT2D eigenvalue weighted by Crippen LogP contribution is 2.25. The zero-order valence-corrected chi connectivity index (χ0v) is 16.4. The molecule has 7 nitrogen and oxygen atoms in total. The van der Waals surface area contributed by atoms with Gasteiger partial charge >= 0.3 is 5.97 Å². The van der Waals surface area contributed by atoms with Crippen molar-refractivity contribution in [1.29, 1.82) is 0 Å². The molecule has 1 N–H and O–H groups in total. The quantitative estimate of drug-likeness (QED) is 0.501. The van der Waals surface area contributed by atoms with Crippen LogP contribution in [-0.4, -0.2) is 22.5 Å². The third-order valence-corrected chi connectivity index (χ3v) is 4.76. The number of methoxy groups -OCH3 is 1. The molecule has 156 valence electrons. The van der Waals surface area contributed by atoms with Gasteiger partial charge in [0.25, 0.3) is 11.1 Å². The first-order valence-electron chi connectivity index (χ1n) is 9.31. The van der Waals surface area contributed by atoms with Gasteiger partial charge in [-0.2, -0.15) is 4.39 Å². The average Bonchev–Trinajstić information content (AvgIpc) is 2.80. The Labute approximate surface area is 175 Å². The smallest absolute Gasteiger partial charge is 0.344 e. The van der Waals surface area contributed by atoms with Crippen LogP contribution in [0.4, 0.5) is 4.39 Å². The Hall–Kier alpha value is -4.20. The number of hydrogen-bond acceptors (Lipinski definition) is 5. The molecule has 0 aliphatic rings. The van der Waals surface area contributed by atoms with Gasteiger partial charge in [-0.25, -0.2) is 4.79 Å². The third-order valence-electron chi connectivity index (χ3n) is 4.76. The van der Waals surface area contributed by atoms with Gasteiger partial charge in [0.05, 0.1) is 13.3 Å². The second-order valence-corrected chi connectivity index (χ2v) is 6.72. The van der Waals surface area contributed by atoms with Crippen LogP contribution in [-0.2, 0) is 11.3 Å². The van der Waals surface area contributed by atoms with E-state index in [-0.39, 0.29) is 17.8 Å². The summed E-state index contributed by atoms with van der Waals surface area (Å²) >= 11 is 0. The van der Waals surface area contributed by atoms with Crippen LogP contribution >= 0.6 is 0 Å². The Morgan fingerprint density at radius 2 is 1.77 bits per heavy atom. The van der Waals surface area contributed by atoms with E-state index in [2.05, 4.69) is 4.98 Å². The van der Waals surface area contributed by atoms with Gasteiger partial charge in [0.1, 0.15) is 23.6 Å². The maximum Gasteiger partial charge on any atom is 0.344 e. The molecule has 0 amide bonds. The summed E-state index contributed by atoms with van der Waals surface area (Å²) in [5.41, 5.74) is -0.327. The molecule has 0 fully saturated rings. The van der Waals surface area contributed by atoms with E-state index >= 15 is 0 Å². The fourth-order valence-electron chi connectivity index (χ4n) is 3.16. The number of fused-ring (bicyclic) bond motifs is 1. The number of hydrogen-bond donors (Lipinski definition) is 1. The lowest BCUT2D eigenvalue weighted by molar-refractivity contribution is 0.0470. The Morgan fingerprint density at radius 3 is 2.45 bits per heavy atom. The summed E-state index contributed by atoms with van der Waals surface area (Å²) in [4.78, 5) is 39.8. The highest BCUT2D eigenvalue weighted by atomic mass is 19.1. The van der Waals surface area contributed by atoms with Gasteiger partial charge in [-0.05, 0) is 29.3 Å².